The Morgan fingerprint density at radius 3 is 2.71 bits per heavy atom. The molecule has 0 aliphatic rings. The number of carbonyl (C=O) groups excluding carboxylic acids is 1. The van der Waals surface area contributed by atoms with Crippen molar-refractivity contribution in [2.45, 2.75) is 18.7 Å². The summed E-state index contributed by atoms with van der Waals surface area (Å²) in [4.78, 5) is 11.0. The van der Waals surface area contributed by atoms with Crippen molar-refractivity contribution in [3.8, 4) is 5.75 Å². The van der Waals surface area contributed by atoms with Gasteiger partial charge in [-0.05, 0) is 25.0 Å². The van der Waals surface area contributed by atoms with Crippen molar-refractivity contribution in [1.82, 2.24) is 0 Å². The minimum atomic E-state index is -0.466. The van der Waals surface area contributed by atoms with Gasteiger partial charge in [-0.15, -0.1) is 11.6 Å². The van der Waals surface area contributed by atoms with Crippen molar-refractivity contribution in [2.24, 2.45) is 0 Å². The molecule has 0 radical (unpaired) electrons. The third-order valence-corrected chi connectivity index (χ3v) is 2.49. The van der Waals surface area contributed by atoms with Gasteiger partial charge in [-0.25, -0.2) is 0 Å². The molecule has 0 spiro atoms. The van der Waals surface area contributed by atoms with Crippen LogP contribution >= 0.6 is 11.6 Å². The predicted octanol–water partition coefficient (Wildman–Crippen LogP) is 2.43. The highest BCUT2D eigenvalue weighted by atomic mass is 35.5. The first-order valence-electron chi connectivity index (χ1n) is 4.41. The molecule has 1 atom stereocenters. The van der Waals surface area contributed by atoms with E-state index in [0.29, 0.717) is 6.42 Å². The van der Waals surface area contributed by atoms with E-state index in [-0.39, 0.29) is 5.78 Å². The molecule has 0 N–H and O–H groups in total. The summed E-state index contributed by atoms with van der Waals surface area (Å²) in [6.07, 6.45) is 0.515. The van der Waals surface area contributed by atoms with E-state index in [4.69, 9.17) is 16.3 Å². The third kappa shape index (κ3) is 2.74. The highest BCUT2D eigenvalue weighted by Crippen LogP contribution is 2.20. The van der Waals surface area contributed by atoms with Gasteiger partial charge >= 0.3 is 0 Å². The summed E-state index contributed by atoms with van der Waals surface area (Å²) in [5.74, 6) is 0.761. The number of ketones is 1. The van der Waals surface area contributed by atoms with Crippen LogP contribution in [-0.2, 0) is 11.2 Å². The molecule has 0 saturated carbocycles. The molecule has 0 heterocycles. The van der Waals surface area contributed by atoms with E-state index < -0.39 is 5.38 Å². The van der Waals surface area contributed by atoms with Crippen molar-refractivity contribution in [3.05, 3.63) is 29.8 Å². The summed E-state index contributed by atoms with van der Waals surface area (Å²) in [6.45, 7) is 1.49. The summed E-state index contributed by atoms with van der Waals surface area (Å²) in [7, 11) is 1.61. The smallest absolute Gasteiger partial charge is 0.147 e. The van der Waals surface area contributed by atoms with Crippen LogP contribution in [-0.4, -0.2) is 18.3 Å². The molecule has 0 bridgehead atoms. The number of carbonyl (C=O) groups is 1. The SMILES string of the molecule is COc1ccccc1CC(Cl)C(C)=O. The lowest BCUT2D eigenvalue weighted by Gasteiger charge is -2.09. The maximum absolute atomic E-state index is 11.0. The molecule has 1 unspecified atom stereocenters. The molecular weight excluding hydrogens is 200 g/mol. The van der Waals surface area contributed by atoms with E-state index in [1.54, 1.807) is 7.11 Å². The maximum atomic E-state index is 11.0. The average Bonchev–Trinajstić information content (AvgIpc) is 2.18. The highest BCUT2D eigenvalue weighted by molar-refractivity contribution is 6.30. The molecule has 0 aromatic heterocycles. The summed E-state index contributed by atoms with van der Waals surface area (Å²) < 4.78 is 5.16. The summed E-state index contributed by atoms with van der Waals surface area (Å²) in [6, 6.07) is 7.57. The van der Waals surface area contributed by atoms with Gasteiger partial charge in [0.2, 0.25) is 0 Å². The van der Waals surface area contributed by atoms with Crippen LogP contribution in [0.25, 0.3) is 0 Å². The number of rotatable bonds is 4. The molecule has 0 saturated heterocycles. The second-order valence-electron chi connectivity index (χ2n) is 3.09. The van der Waals surface area contributed by atoms with Gasteiger partial charge < -0.3 is 4.74 Å². The van der Waals surface area contributed by atoms with Crippen molar-refractivity contribution in [1.29, 1.82) is 0 Å². The van der Waals surface area contributed by atoms with Gasteiger partial charge in [0.15, 0.2) is 0 Å². The zero-order valence-corrected chi connectivity index (χ0v) is 9.04. The maximum Gasteiger partial charge on any atom is 0.147 e. The molecule has 0 amide bonds. The second kappa shape index (κ2) is 5.01. The molecule has 0 fully saturated rings. The number of Topliss-reactive ketones (excluding diaryl/α,β-unsaturated/α-hetero) is 1. The molecule has 1 aromatic rings. The Bertz CT molecular complexity index is 323. The number of halogens is 1. The zero-order chi connectivity index (χ0) is 10.6. The van der Waals surface area contributed by atoms with Crippen LogP contribution in [0.2, 0.25) is 0 Å². The Kier molecular flexibility index (Phi) is 3.96. The quantitative estimate of drug-likeness (QED) is 0.717. The Morgan fingerprint density at radius 1 is 1.50 bits per heavy atom. The number of alkyl halides is 1. The van der Waals surface area contributed by atoms with Crippen LogP contribution in [0.1, 0.15) is 12.5 Å². The largest absolute Gasteiger partial charge is 0.496 e. The van der Waals surface area contributed by atoms with Gasteiger partial charge in [-0.1, -0.05) is 18.2 Å². The van der Waals surface area contributed by atoms with Crippen molar-refractivity contribution < 1.29 is 9.53 Å². The monoisotopic (exact) mass is 212 g/mol. The molecule has 3 heteroatoms. The molecule has 76 valence electrons. The molecular formula is C11H13ClO2. The molecule has 1 aromatic carbocycles. The van der Waals surface area contributed by atoms with E-state index in [1.807, 2.05) is 24.3 Å². The van der Waals surface area contributed by atoms with Crippen LogP contribution in [0.5, 0.6) is 5.75 Å². The zero-order valence-electron chi connectivity index (χ0n) is 8.29. The minimum Gasteiger partial charge on any atom is -0.496 e. The summed E-state index contributed by atoms with van der Waals surface area (Å²) >= 11 is 5.87. The number of benzene rings is 1. The molecule has 1 rings (SSSR count). The fraction of sp³-hybridized carbons (Fsp3) is 0.364. The number of hydrogen-bond acceptors (Lipinski definition) is 2. The lowest BCUT2D eigenvalue weighted by atomic mass is 10.1. The van der Waals surface area contributed by atoms with Crippen LogP contribution in [0, 0.1) is 0 Å². The molecule has 14 heavy (non-hydrogen) atoms. The number of ether oxygens (including phenoxy) is 1. The average molecular weight is 213 g/mol. The van der Waals surface area contributed by atoms with Crippen molar-refractivity contribution in [2.75, 3.05) is 7.11 Å². The second-order valence-corrected chi connectivity index (χ2v) is 3.62. The van der Waals surface area contributed by atoms with Crippen LogP contribution < -0.4 is 4.74 Å². The van der Waals surface area contributed by atoms with Crippen molar-refractivity contribution >= 4 is 17.4 Å². The summed E-state index contributed by atoms with van der Waals surface area (Å²) in [5, 5.41) is -0.466. The number of para-hydroxylation sites is 1. The Morgan fingerprint density at radius 2 is 2.14 bits per heavy atom. The van der Waals surface area contributed by atoms with Gasteiger partial charge in [0.05, 0.1) is 12.5 Å². The normalized spacial score (nSPS) is 12.2. The Labute approximate surface area is 88.8 Å². The Hall–Kier alpha value is -1.02. The number of hydrogen-bond donors (Lipinski definition) is 0. The summed E-state index contributed by atoms with van der Waals surface area (Å²) in [5.41, 5.74) is 0.963. The Balaban J connectivity index is 2.80. The fourth-order valence-electron chi connectivity index (χ4n) is 1.21. The van der Waals surface area contributed by atoms with Gasteiger partial charge in [-0.3, -0.25) is 4.79 Å². The first-order chi connectivity index (χ1) is 6.65. The molecule has 0 aliphatic heterocycles. The van der Waals surface area contributed by atoms with Crippen molar-refractivity contribution in [3.63, 3.8) is 0 Å². The van der Waals surface area contributed by atoms with Crippen LogP contribution in [0.3, 0.4) is 0 Å². The molecule has 0 aliphatic carbocycles. The first-order valence-corrected chi connectivity index (χ1v) is 4.85. The standard InChI is InChI=1S/C11H13ClO2/c1-8(13)10(12)7-9-5-3-4-6-11(9)14-2/h3-6,10H,7H2,1-2H3. The lowest BCUT2D eigenvalue weighted by molar-refractivity contribution is -0.116. The van der Waals surface area contributed by atoms with Gasteiger partial charge in [0, 0.05) is 0 Å². The van der Waals surface area contributed by atoms with E-state index in [0.717, 1.165) is 11.3 Å². The van der Waals surface area contributed by atoms with Gasteiger partial charge in [0.1, 0.15) is 11.5 Å². The van der Waals surface area contributed by atoms with E-state index in [9.17, 15) is 4.79 Å². The van der Waals surface area contributed by atoms with E-state index in [1.165, 1.54) is 6.92 Å². The van der Waals surface area contributed by atoms with Gasteiger partial charge in [0.25, 0.3) is 0 Å². The van der Waals surface area contributed by atoms with Crippen LogP contribution in [0.15, 0.2) is 24.3 Å². The first kappa shape index (κ1) is 11.1. The number of methoxy groups -OCH3 is 1. The highest BCUT2D eigenvalue weighted by Gasteiger charge is 2.13. The van der Waals surface area contributed by atoms with Crippen LogP contribution in [0.4, 0.5) is 0 Å². The van der Waals surface area contributed by atoms with E-state index >= 15 is 0 Å². The lowest BCUT2D eigenvalue weighted by Crippen LogP contribution is -2.13. The predicted molar refractivity (Wildman–Crippen MR) is 57.0 cm³/mol. The van der Waals surface area contributed by atoms with E-state index in [2.05, 4.69) is 0 Å². The topological polar surface area (TPSA) is 26.3 Å². The fourth-order valence-corrected chi connectivity index (χ4v) is 1.37. The minimum absolute atomic E-state index is 0.0161. The molecule has 2 nitrogen and oxygen atoms in total. The van der Waals surface area contributed by atoms with Gasteiger partial charge in [-0.2, -0.15) is 0 Å². The third-order valence-electron chi connectivity index (χ3n) is 2.03.